The molecule has 0 atom stereocenters. The number of carbonyl (C=O) groups excluding carboxylic acids is 3. The van der Waals surface area contributed by atoms with Gasteiger partial charge in [0.25, 0.3) is 0 Å². The van der Waals surface area contributed by atoms with Gasteiger partial charge in [-0.25, -0.2) is 4.79 Å². The van der Waals surface area contributed by atoms with E-state index in [1.807, 2.05) is 0 Å². The van der Waals surface area contributed by atoms with Gasteiger partial charge < -0.3 is 11.5 Å². The Bertz CT molecular complexity index is 201. The van der Waals surface area contributed by atoms with Gasteiger partial charge in [-0.1, -0.05) is 69.6 Å². The minimum Gasteiger partial charge on any atom is -0.352 e. The lowest BCUT2D eigenvalue weighted by Crippen LogP contribution is -2.18. The molecule has 0 saturated carbocycles. The number of urea groups is 1. The van der Waals surface area contributed by atoms with E-state index in [0.717, 1.165) is 0 Å². The highest BCUT2D eigenvalue weighted by Crippen LogP contribution is 2.22. The number of nitrogens with two attached hydrogens (primary N) is 2. The standard InChI is InChI=1S/2C2HCl3O.CH4N2O/c2*3-2(4,5)1-6;2-1(3)4/h2*1H;(H4,2,3,4). The van der Waals surface area contributed by atoms with Gasteiger partial charge in [0.2, 0.25) is 7.59 Å². The van der Waals surface area contributed by atoms with Crippen molar-refractivity contribution in [3.63, 3.8) is 0 Å². The number of halogens is 6. The first-order valence-corrected chi connectivity index (χ1v) is 5.23. The largest absolute Gasteiger partial charge is 0.352 e. The average molecular weight is 355 g/mol. The van der Waals surface area contributed by atoms with Gasteiger partial charge in [0.05, 0.1) is 0 Å². The first-order valence-electron chi connectivity index (χ1n) is 2.96. The van der Waals surface area contributed by atoms with Crippen molar-refractivity contribution < 1.29 is 14.4 Å². The lowest BCUT2D eigenvalue weighted by molar-refractivity contribution is -0.107. The molecule has 0 aromatic rings. The summed E-state index contributed by atoms with van der Waals surface area (Å²) in [7, 11) is 0. The van der Waals surface area contributed by atoms with Gasteiger partial charge in [-0.05, 0) is 0 Å². The minimum absolute atomic E-state index is 0.234. The molecular weight excluding hydrogens is 349 g/mol. The molecule has 16 heavy (non-hydrogen) atoms. The van der Waals surface area contributed by atoms with E-state index in [4.69, 9.17) is 74.4 Å². The van der Waals surface area contributed by atoms with Gasteiger partial charge >= 0.3 is 6.03 Å². The molecule has 11 heteroatoms. The van der Waals surface area contributed by atoms with Crippen LogP contribution in [0.5, 0.6) is 0 Å². The van der Waals surface area contributed by atoms with Crippen molar-refractivity contribution in [2.24, 2.45) is 11.5 Å². The Balaban J connectivity index is -0.000000162. The van der Waals surface area contributed by atoms with E-state index in [2.05, 4.69) is 11.5 Å². The number of aldehydes is 2. The molecule has 0 heterocycles. The van der Waals surface area contributed by atoms with Crippen molar-refractivity contribution in [3.05, 3.63) is 0 Å². The van der Waals surface area contributed by atoms with Crippen molar-refractivity contribution in [1.29, 1.82) is 0 Å². The molecule has 0 rings (SSSR count). The summed E-state index contributed by atoms with van der Waals surface area (Å²) in [5.41, 5.74) is 8.50. The van der Waals surface area contributed by atoms with Crippen LogP contribution < -0.4 is 11.5 Å². The summed E-state index contributed by atoms with van der Waals surface area (Å²) in [4.78, 5) is 27.9. The van der Waals surface area contributed by atoms with E-state index in [9.17, 15) is 9.59 Å². The number of hydrogen-bond donors (Lipinski definition) is 2. The predicted octanol–water partition coefficient (Wildman–Crippen LogP) is 2.13. The molecule has 0 aliphatic carbocycles. The first kappa shape index (κ1) is 21.6. The Morgan fingerprint density at radius 2 is 0.875 bits per heavy atom. The lowest BCUT2D eigenvalue weighted by atomic mass is 10.9. The summed E-state index contributed by atoms with van der Waals surface area (Å²) in [6.45, 7) is 0. The van der Waals surface area contributed by atoms with Crippen molar-refractivity contribution in [2.75, 3.05) is 0 Å². The van der Waals surface area contributed by atoms with E-state index in [0.29, 0.717) is 0 Å². The topological polar surface area (TPSA) is 103 Å². The Morgan fingerprint density at radius 3 is 0.875 bits per heavy atom. The summed E-state index contributed by atoms with van der Waals surface area (Å²) in [5.74, 6) is 0. The van der Waals surface area contributed by atoms with E-state index < -0.39 is 13.6 Å². The smallest absolute Gasteiger partial charge is 0.309 e. The van der Waals surface area contributed by atoms with E-state index in [1.54, 1.807) is 0 Å². The second-order valence-electron chi connectivity index (χ2n) is 1.72. The normalized spacial score (nSPS) is 9.88. The SMILES string of the molecule is NC(N)=O.O=CC(Cl)(Cl)Cl.O=CC(Cl)(Cl)Cl. The fourth-order valence-electron chi connectivity index (χ4n) is 0. The van der Waals surface area contributed by atoms with Gasteiger partial charge in [-0.15, -0.1) is 0 Å². The van der Waals surface area contributed by atoms with Crippen molar-refractivity contribution in [2.45, 2.75) is 7.59 Å². The highest BCUT2D eigenvalue weighted by Gasteiger charge is 2.16. The number of alkyl halides is 6. The van der Waals surface area contributed by atoms with Crippen LogP contribution in [0.15, 0.2) is 0 Å². The van der Waals surface area contributed by atoms with Crippen LogP contribution in [-0.2, 0) is 9.59 Å². The van der Waals surface area contributed by atoms with E-state index in [1.165, 1.54) is 0 Å². The number of carbonyl (C=O) groups is 3. The third kappa shape index (κ3) is 63.4. The zero-order chi connectivity index (χ0) is 14.0. The molecule has 0 radical (unpaired) electrons. The third-order valence-corrected chi connectivity index (χ3v) is 0.802. The molecule has 0 aliphatic rings. The van der Waals surface area contributed by atoms with Gasteiger partial charge in [0, 0.05) is 0 Å². The van der Waals surface area contributed by atoms with Gasteiger partial charge in [0.1, 0.15) is 0 Å². The Labute approximate surface area is 121 Å². The van der Waals surface area contributed by atoms with Crippen LogP contribution in [-0.4, -0.2) is 26.2 Å². The van der Waals surface area contributed by atoms with Crippen LogP contribution in [0.25, 0.3) is 0 Å². The Morgan fingerprint density at radius 1 is 0.812 bits per heavy atom. The molecule has 0 aromatic carbocycles. The molecule has 0 bridgehead atoms. The fraction of sp³-hybridized carbons (Fsp3) is 0.400. The maximum atomic E-state index is 9.43. The molecule has 0 saturated heterocycles. The quantitative estimate of drug-likeness (QED) is 0.514. The maximum Gasteiger partial charge on any atom is 0.309 e. The highest BCUT2D eigenvalue weighted by molar-refractivity contribution is 6.74. The second kappa shape index (κ2) is 10.5. The average Bonchev–Trinajstić information content (AvgIpc) is 2.02. The number of rotatable bonds is 0. The lowest BCUT2D eigenvalue weighted by Gasteiger charge is -1.93. The van der Waals surface area contributed by atoms with Crippen LogP contribution >= 0.6 is 69.6 Å². The molecule has 0 fully saturated rings. The summed E-state index contributed by atoms with van der Waals surface area (Å²) >= 11 is 29.3. The molecule has 5 nitrogen and oxygen atoms in total. The second-order valence-corrected chi connectivity index (χ2v) is 6.46. The Kier molecular flexibility index (Phi) is 14.2. The first-order chi connectivity index (χ1) is 6.85. The van der Waals surface area contributed by atoms with Crippen molar-refractivity contribution >= 4 is 88.2 Å². The zero-order valence-corrected chi connectivity index (χ0v) is 11.8. The van der Waals surface area contributed by atoms with Crippen LogP contribution in [0.1, 0.15) is 0 Å². The highest BCUT2D eigenvalue weighted by atomic mass is 35.6. The fourth-order valence-corrected chi connectivity index (χ4v) is 0. The molecule has 4 N–H and O–H groups in total. The van der Waals surface area contributed by atoms with Gasteiger partial charge in [-0.2, -0.15) is 0 Å². The number of hydrogen-bond acceptors (Lipinski definition) is 3. The summed E-state index contributed by atoms with van der Waals surface area (Å²) in [5, 5.41) is 0. The van der Waals surface area contributed by atoms with Gasteiger partial charge in [-0.3, -0.25) is 9.59 Å². The maximum absolute atomic E-state index is 9.43. The molecule has 0 aliphatic heterocycles. The Hall–Kier alpha value is 0.350. The molecular formula is C5H6Cl6N2O3. The van der Waals surface area contributed by atoms with Crippen molar-refractivity contribution in [1.82, 2.24) is 0 Å². The van der Waals surface area contributed by atoms with E-state index in [-0.39, 0.29) is 12.6 Å². The number of primary amides is 2. The monoisotopic (exact) mass is 352 g/mol. The van der Waals surface area contributed by atoms with Crippen LogP contribution in [0.3, 0.4) is 0 Å². The van der Waals surface area contributed by atoms with Crippen molar-refractivity contribution in [3.8, 4) is 0 Å². The summed E-state index contributed by atoms with van der Waals surface area (Å²) in [6.07, 6.45) is 0.468. The summed E-state index contributed by atoms with van der Waals surface area (Å²) in [6, 6.07) is -0.833. The van der Waals surface area contributed by atoms with Gasteiger partial charge in [0.15, 0.2) is 12.6 Å². The van der Waals surface area contributed by atoms with E-state index >= 15 is 0 Å². The molecule has 0 unspecified atom stereocenters. The van der Waals surface area contributed by atoms with Crippen LogP contribution in [0.2, 0.25) is 0 Å². The van der Waals surface area contributed by atoms with Crippen LogP contribution in [0.4, 0.5) is 4.79 Å². The number of amides is 2. The molecule has 2 amide bonds. The van der Waals surface area contributed by atoms with Crippen LogP contribution in [0, 0.1) is 0 Å². The minimum atomic E-state index is -1.72. The third-order valence-electron chi connectivity index (χ3n) is 0.267. The zero-order valence-electron chi connectivity index (χ0n) is 7.30. The molecule has 0 spiro atoms. The molecule has 96 valence electrons. The predicted molar refractivity (Wildman–Crippen MR) is 66.5 cm³/mol. The summed E-state index contributed by atoms with van der Waals surface area (Å²) < 4.78 is -3.44. The molecule has 0 aromatic heterocycles.